The van der Waals surface area contributed by atoms with E-state index in [9.17, 15) is 13.2 Å². The third kappa shape index (κ3) is 2.94. The summed E-state index contributed by atoms with van der Waals surface area (Å²) in [5.41, 5.74) is 0.0702. The topological polar surface area (TPSA) is 3.24 Å². The standard InChI is InChI=1S/C12H13BrF3N/c13-11-5-4-9(8-10(11)12(14,15)16)17-6-2-1-3-7-17/h4-5,8H,1-3,6-7H2. The summed E-state index contributed by atoms with van der Waals surface area (Å²) < 4.78 is 38.3. The summed E-state index contributed by atoms with van der Waals surface area (Å²) in [6.07, 6.45) is -1.03. The zero-order valence-corrected chi connectivity index (χ0v) is 10.8. The van der Waals surface area contributed by atoms with Gasteiger partial charge in [-0.25, -0.2) is 0 Å². The average Bonchev–Trinajstić information content (AvgIpc) is 2.29. The number of anilines is 1. The van der Waals surface area contributed by atoms with Crippen molar-refractivity contribution in [3.8, 4) is 0 Å². The van der Waals surface area contributed by atoms with Gasteiger partial charge in [-0.15, -0.1) is 0 Å². The first-order valence-electron chi connectivity index (χ1n) is 5.60. The molecule has 0 aromatic heterocycles. The van der Waals surface area contributed by atoms with Gasteiger partial charge in [-0.2, -0.15) is 13.2 Å². The first-order chi connectivity index (χ1) is 7.98. The first-order valence-corrected chi connectivity index (χ1v) is 6.39. The lowest BCUT2D eigenvalue weighted by molar-refractivity contribution is -0.138. The van der Waals surface area contributed by atoms with Gasteiger partial charge in [-0.1, -0.05) is 15.9 Å². The van der Waals surface area contributed by atoms with Crippen LogP contribution in [0.25, 0.3) is 0 Å². The van der Waals surface area contributed by atoms with E-state index < -0.39 is 11.7 Å². The van der Waals surface area contributed by atoms with Crippen molar-refractivity contribution in [1.82, 2.24) is 0 Å². The van der Waals surface area contributed by atoms with Gasteiger partial charge < -0.3 is 4.90 Å². The summed E-state index contributed by atoms with van der Waals surface area (Å²) in [5, 5.41) is 0. The van der Waals surface area contributed by atoms with Crippen molar-refractivity contribution in [2.45, 2.75) is 25.4 Å². The molecule has 0 spiro atoms. The van der Waals surface area contributed by atoms with Crippen LogP contribution in [0.5, 0.6) is 0 Å². The van der Waals surface area contributed by atoms with E-state index in [1.807, 2.05) is 4.90 Å². The van der Waals surface area contributed by atoms with Gasteiger partial charge in [-0.05, 0) is 37.5 Å². The zero-order valence-electron chi connectivity index (χ0n) is 9.23. The minimum atomic E-state index is -4.30. The Morgan fingerprint density at radius 3 is 2.29 bits per heavy atom. The highest BCUT2D eigenvalue weighted by Gasteiger charge is 2.33. The second-order valence-corrected chi connectivity index (χ2v) is 5.06. The van der Waals surface area contributed by atoms with Crippen LogP contribution in [-0.2, 0) is 6.18 Å². The molecule has 1 fully saturated rings. The molecule has 0 N–H and O–H groups in total. The second-order valence-electron chi connectivity index (χ2n) is 4.21. The van der Waals surface area contributed by atoms with Crippen molar-refractivity contribution >= 4 is 21.6 Å². The Kier molecular flexibility index (Phi) is 3.66. The molecule has 0 amide bonds. The molecule has 94 valence electrons. The number of benzene rings is 1. The second kappa shape index (κ2) is 4.88. The van der Waals surface area contributed by atoms with Crippen LogP contribution in [-0.4, -0.2) is 13.1 Å². The van der Waals surface area contributed by atoms with Gasteiger partial charge in [0.2, 0.25) is 0 Å². The Labute approximate surface area is 107 Å². The van der Waals surface area contributed by atoms with Crippen LogP contribution in [0, 0.1) is 0 Å². The van der Waals surface area contributed by atoms with Gasteiger partial charge in [-0.3, -0.25) is 0 Å². The number of alkyl halides is 3. The van der Waals surface area contributed by atoms with Crippen molar-refractivity contribution in [2.24, 2.45) is 0 Å². The van der Waals surface area contributed by atoms with Gasteiger partial charge in [0.25, 0.3) is 0 Å². The molecule has 0 saturated carbocycles. The summed E-state index contributed by atoms with van der Waals surface area (Å²) >= 11 is 2.95. The first kappa shape index (κ1) is 12.7. The fraction of sp³-hybridized carbons (Fsp3) is 0.500. The Bertz CT molecular complexity index is 397. The smallest absolute Gasteiger partial charge is 0.372 e. The zero-order chi connectivity index (χ0) is 12.5. The molecule has 1 saturated heterocycles. The normalized spacial score (nSPS) is 17.3. The van der Waals surface area contributed by atoms with E-state index in [-0.39, 0.29) is 4.47 Å². The maximum absolute atomic E-state index is 12.7. The van der Waals surface area contributed by atoms with Crippen LogP contribution < -0.4 is 4.90 Å². The largest absolute Gasteiger partial charge is 0.417 e. The van der Waals surface area contributed by atoms with E-state index in [0.29, 0.717) is 5.69 Å². The van der Waals surface area contributed by atoms with Crippen molar-refractivity contribution < 1.29 is 13.2 Å². The van der Waals surface area contributed by atoms with Crippen LogP contribution in [0.3, 0.4) is 0 Å². The number of hydrogen-bond donors (Lipinski definition) is 0. The van der Waals surface area contributed by atoms with Gasteiger partial charge >= 0.3 is 6.18 Å². The molecule has 1 aromatic rings. The molecular weight excluding hydrogens is 295 g/mol. The van der Waals surface area contributed by atoms with E-state index >= 15 is 0 Å². The van der Waals surface area contributed by atoms with Gasteiger partial charge in [0, 0.05) is 23.2 Å². The van der Waals surface area contributed by atoms with E-state index in [1.165, 1.54) is 18.6 Å². The van der Waals surface area contributed by atoms with E-state index in [1.54, 1.807) is 6.07 Å². The number of hydrogen-bond acceptors (Lipinski definition) is 1. The molecule has 0 bridgehead atoms. The highest BCUT2D eigenvalue weighted by Crippen LogP contribution is 2.37. The molecule has 1 aromatic carbocycles. The van der Waals surface area contributed by atoms with Crippen molar-refractivity contribution in [3.05, 3.63) is 28.2 Å². The fourth-order valence-corrected chi connectivity index (χ4v) is 2.55. The van der Waals surface area contributed by atoms with E-state index in [4.69, 9.17) is 0 Å². The van der Waals surface area contributed by atoms with Gasteiger partial charge in [0.1, 0.15) is 0 Å². The molecule has 1 heterocycles. The third-order valence-electron chi connectivity index (χ3n) is 2.98. The third-order valence-corrected chi connectivity index (χ3v) is 3.67. The molecule has 17 heavy (non-hydrogen) atoms. The number of halogens is 4. The molecule has 0 atom stereocenters. The van der Waals surface area contributed by atoms with Crippen molar-refractivity contribution in [2.75, 3.05) is 18.0 Å². The van der Waals surface area contributed by atoms with Crippen molar-refractivity contribution in [1.29, 1.82) is 0 Å². The number of nitrogens with zero attached hydrogens (tertiary/aromatic N) is 1. The summed E-state index contributed by atoms with van der Waals surface area (Å²) in [6.45, 7) is 1.69. The maximum atomic E-state index is 12.7. The predicted octanol–water partition coefficient (Wildman–Crippen LogP) is 4.46. The Hall–Kier alpha value is -0.710. The highest BCUT2D eigenvalue weighted by molar-refractivity contribution is 9.10. The predicted molar refractivity (Wildman–Crippen MR) is 65.2 cm³/mol. The van der Waals surface area contributed by atoms with E-state index in [2.05, 4.69) is 15.9 Å². The summed E-state index contributed by atoms with van der Waals surface area (Å²) in [4.78, 5) is 2.02. The summed E-state index contributed by atoms with van der Waals surface area (Å²) in [7, 11) is 0. The Morgan fingerprint density at radius 1 is 1.06 bits per heavy atom. The summed E-state index contributed by atoms with van der Waals surface area (Å²) in [5.74, 6) is 0. The lowest BCUT2D eigenvalue weighted by Crippen LogP contribution is -2.29. The number of rotatable bonds is 1. The molecule has 2 rings (SSSR count). The maximum Gasteiger partial charge on any atom is 0.417 e. The van der Waals surface area contributed by atoms with Gasteiger partial charge in [0.05, 0.1) is 5.56 Å². The Morgan fingerprint density at radius 2 is 1.71 bits per heavy atom. The van der Waals surface area contributed by atoms with Crippen LogP contribution in [0.1, 0.15) is 24.8 Å². The summed E-state index contributed by atoms with van der Waals surface area (Å²) in [6, 6.07) is 4.45. The minimum Gasteiger partial charge on any atom is -0.372 e. The van der Waals surface area contributed by atoms with Crippen LogP contribution in [0.15, 0.2) is 22.7 Å². The molecule has 0 radical (unpaired) electrons. The van der Waals surface area contributed by atoms with Crippen LogP contribution >= 0.6 is 15.9 Å². The lowest BCUT2D eigenvalue weighted by Gasteiger charge is -2.29. The minimum absolute atomic E-state index is 0.103. The monoisotopic (exact) mass is 307 g/mol. The lowest BCUT2D eigenvalue weighted by atomic mass is 10.1. The number of piperidine rings is 1. The molecular formula is C12H13BrF3N. The Balaban J connectivity index is 2.30. The quantitative estimate of drug-likeness (QED) is 0.740. The molecule has 5 heteroatoms. The molecule has 1 nitrogen and oxygen atoms in total. The van der Waals surface area contributed by atoms with E-state index in [0.717, 1.165) is 25.9 Å². The fourth-order valence-electron chi connectivity index (χ4n) is 2.08. The molecule has 1 aliphatic heterocycles. The van der Waals surface area contributed by atoms with Crippen molar-refractivity contribution in [3.63, 3.8) is 0 Å². The molecule has 1 aliphatic rings. The van der Waals surface area contributed by atoms with Crippen LogP contribution in [0.4, 0.5) is 18.9 Å². The highest BCUT2D eigenvalue weighted by atomic mass is 79.9. The average molecular weight is 308 g/mol. The van der Waals surface area contributed by atoms with Crippen LogP contribution in [0.2, 0.25) is 0 Å². The van der Waals surface area contributed by atoms with Gasteiger partial charge in [0.15, 0.2) is 0 Å². The molecule has 0 aliphatic carbocycles. The molecule has 0 unspecified atom stereocenters. The SMILES string of the molecule is FC(F)(F)c1cc(N2CCCCC2)ccc1Br.